The molecule has 2 amide bonds. The first kappa shape index (κ1) is 14.1. The molecule has 0 aliphatic carbocycles. The van der Waals surface area contributed by atoms with Gasteiger partial charge in [-0.2, -0.15) is 0 Å². The lowest BCUT2D eigenvalue weighted by Gasteiger charge is -2.37. The number of rotatable bonds is 2. The van der Waals surface area contributed by atoms with Crippen LogP contribution >= 0.6 is 0 Å². The molecule has 2 saturated heterocycles. The lowest BCUT2D eigenvalue weighted by molar-refractivity contribution is 0.187. The Bertz CT molecular complexity index is 452. The maximum Gasteiger partial charge on any atom is 0.317 e. The van der Waals surface area contributed by atoms with Crippen molar-refractivity contribution in [1.82, 2.24) is 20.5 Å². The molecule has 2 aliphatic heterocycles. The van der Waals surface area contributed by atoms with Gasteiger partial charge in [0.05, 0.1) is 0 Å². The fourth-order valence-corrected chi connectivity index (χ4v) is 2.95. The third-order valence-corrected chi connectivity index (χ3v) is 4.26. The van der Waals surface area contributed by atoms with Gasteiger partial charge < -0.3 is 20.4 Å². The van der Waals surface area contributed by atoms with Gasteiger partial charge in [0.15, 0.2) is 0 Å². The summed E-state index contributed by atoms with van der Waals surface area (Å²) in [6.07, 6.45) is 5.68. The van der Waals surface area contributed by atoms with Gasteiger partial charge in [-0.05, 0) is 38.1 Å². The van der Waals surface area contributed by atoms with E-state index in [-0.39, 0.29) is 6.03 Å². The van der Waals surface area contributed by atoms with Gasteiger partial charge in [0.1, 0.15) is 0 Å². The molecule has 0 saturated carbocycles. The van der Waals surface area contributed by atoms with Gasteiger partial charge >= 0.3 is 6.03 Å². The second-order valence-corrected chi connectivity index (χ2v) is 5.65. The summed E-state index contributed by atoms with van der Waals surface area (Å²) < 4.78 is 0. The van der Waals surface area contributed by atoms with Gasteiger partial charge in [-0.25, -0.2) is 4.79 Å². The van der Waals surface area contributed by atoms with E-state index in [2.05, 4.69) is 20.5 Å². The van der Waals surface area contributed by atoms with E-state index < -0.39 is 0 Å². The van der Waals surface area contributed by atoms with Crippen molar-refractivity contribution in [3.63, 3.8) is 0 Å². The number of carbonyl (C=O) groups excluding carboxylic acids is 1. The van der Waals surface area contributed by atoms with E-state index in [0.29, 0.717) is 6.04 Å². The molecule has 6 heteroatoms. The number of urea groups is 1. The molecule has 0 aromatic carbocycles. The van der Waals surface area contributed by atoms with Crippen molar-refractivity contribution in [3.8, 4) is 0 Å². The van der Waals surface area contributed by atoms with Gasteiger partial charge in [-0.3, -0.25) is 4.98 Å². The van der Waals surface area contributed by atoms with Crippen LogP contribution < -0.4 is 15.5 Å². The molecule has 1 aromatic rings. The molecule has 1 aromatic heterocycles. The van der Waals surface area contributed by atoms with Crippen molar-refractivity contribution in [3.05, 3.63) is 24.5 Å². The zero-order chi connectivity index (χ0) is 14.5. The summed E-state index contributed by atoms with van der Waals surface area (Å²) in [5.41, 5.74) is 1.18. The lowest BCUT2D eigenvalue weighted by Crippen LogP contribution is -2.54. The molecule has 2 fully saturated rings. The Morgan fingerprint density at radius 2 is 1.81 bits per heavy atom. The number of anilines is 1. The number of hydrogen-bond acceptors (Lipinski definition) is 4. The fraction of sp³-hybridized carbons (Fsp3) is 0.600. The average Bonchev–Trinajstić information content (AvgIpc) is 2.57. The average molecular weight is 289 g/mol. The molecule has 3 heterocycles. The summed E-state index contributed by atoms with van der Waals surface area (Å²) in [5, 5.41) is 6.48. The minimum Gasteiger partial charge on any atom is -0.368 e. The van der Waals surface area contributed by atoms with Crippen LogP contribution in [0.1, 0.15) is 12.8 Å². The smallest absolute Gasteiger partial charge is 0.317 e. The van der Waals surface area contributed by atoms with Crippen molar-refractivity contribution < 1.29 is 4.79 Å². The number of amides is 2. The van der Waals surface area contributed by atoms with Crippen molar-refractivity contribution in [2.24, 2.45) is 0 Å². The highest BCUT2D eigenvalue weighted by atomic mass is 16.2. The number of aromatic nitrogens is 1. The molecule has 0 atom stereocenters. The zero-order valence-electron chi connectivity index (χ0n) is 12.3. The Balaban J connectivity index is 1.47. The van der Waals surface area contributed by atoms with E-state index in [9.17, 15) is 4.79 Å². The van der Waals surface area contributed by atoms with Crippen LogP contribution in [0, 0.1) is 0 Å². The van der Waals surface area contributed by atoms with Crippen LogP contribution in [-0.2, 0) is 0 Å². The maximum atomic E-state index is 12.3. The van der Waals surface area contributed by atoms with Crippen LogP contribution in [-0.4, -0.2) is 61.2 Å². The monoisotopic (exact) mass is 289 g/mol. The lowest BCUT2D eigenvalue weighted by atomic mass is 10.1. The molecule has 0 unspecified atom stereocenters. The number of piperazine rings is 1. The summed E-state index contributed by atoms with van der Waals surface area (Å²) >= 11 is 0. The molecule has 0 spiro atoms. The number of piperidine rings is 1. The first-order valence-electron chi connectivity index (χ1n) is 7.74. The maximum absolute atomic E-state index is 12.3. The molecule has 2 N–H and O–H groups in total. The van der Waals surface area contributed by atoms with Crippen molar-refractivity contribution in [2.45, 2.75) is 18.9 Å². The molecule has 0 bridgehead atoms. The summed E-state index contributed by atoms with van der Waals surface area (Å²) in [7, 11) is 0. The van der Waals surface area contributed by atoms with Crippen LogP contribution in [0.4, 0.5) is 10.5 Å². The summed E-state index contributed by atoms with van der Waals surface area (Å²) in [6, 6.07) is 4.46. The quantitative estimate of drug-likeness (QED) is 0.840. The molecule has 2 aliphatic rings. The Morgan fingerprint density at radius 1 is 1.14 bits per heavy atom. The van der Waals surface area contributed by atoms with Gasteiger partial charge in [-0.15, -0.1) is 0 Å². The van der Waals surface area contributed by atoms with E-state index in [1.165, 1.54) is 5.69 Å². The van der Waals surface area contributed by atoms with Crippen LogP contribution in [0.5, 0.6) is 0 Å². The predicted octanol–water partition coefficient (Wildman–Crippen LogP) is 0.665. The highest BCUT2D eigenvalue weighted by Crippen LogP contribution is 2.15. The number of pyridine rings is 1. The first-order chi connectivity index (χ1) is 10.3. The Kier molecular flexibility index (Phi) is 4.55. The number of nitrogens with zero attached hydrogens (tertiary/aromatic N) is 3. The van der Waals surface area contributed by atoms with Crippen molar-refractivity contribution in [2.75, 3.05) is 44.2 Å². The van der Waals surface area contributed by atoms with E-state index in [0.717, 1.165) is 52.1 Å². The second kappa shape index (κ2) is 6.76. The van der Waals surface area contributed by atoms with Crippen LogP contribution in [0.15, 0.2) is 24.5 Å². The van der Waals surface area contributed by atoms with E-state index in [4.69, 9.17) is 0 Å². The summed E-state index contributed by atoms with van der Waals surface area (Å²) in [6.45, 7) is 5.31. The van der Waals surface area contributed by atoms with Gasteiger partial charge in [0, 0.05) is 50.3 Å². The van der Waals surface area contributed by atoms with Crippen LogP contribution in [0.2, 0.25) is 0 Å². The predicted molar refractivity (Wildman–Crippen MR) is 82.4 cm³/mol. The first-order valence-corrected chi connectivity index (χ1v) is 7.74. The third kappa shape index (κ3) is 3.64. The molecule has 0 radical (unpaired) electrons. The number of nitrogens with one attached hydrogen (secondary N) is 2. The van der Waals surface area contributed by atoms with Gasteiger partial charge in [-0.1, -0.05) is 0 Å². The standard InChI is InChI=1S/C15H23N5O/c21-15(18-13-1-5-16-6-2-13)20-11-9-19(10-12-20)14-3-7-17-8-4-14/h3-4,7-8,13,16H,1-2,5-6,9-12H2,(H,18,21). The number of hydrogen-bond donors (Lipinski definition) is 2. The molecular formula is C15H23N5O. The Hall–Kier alpha value is -1.82. The largest absolute Gasteiger partial charge is 0.368 e. The highest BCUT2D eigenvalue weighted by Gasteiger charge is 2.23. The fourth-order valence-electron chi connectivity index (χ4n) is 2.95. The van der Waals surface area contributed by atoms with Crippen LogP contribution in [0.3, 0.4) is 0 Å². The van der Waals surface area contributed by atoms with Crippen molar-refractivity contribution >= 4 is 11.7 Å². The minimum atomic E-state index is 0.0938. The summed E-state index contributed by atoms with van der Waals surface area (Å²) in [4.78, 5) is 20.5. The number of carbonyl (C=O) groups is 1. The topological polar surface area (TPSA) is 60.5 Å². The molecule has 6 nitrogen and oxygen atoms in total. The Morgan fingerprint density at radius 3 is 2.48 bits per heavy atom. The van der Waals surface area contributed by atoms with Gasteiger partial charge in [0.25, 0.3) is 0 Å². The highest BCUT2D eigenvalue weighted by molar-refractivity contribution is 5.75. The van der Waals surface area contributed by atoms with Crippen molar-refractivity contribution in [1.29, 1.82) is 0 Å². The minimum absolute atomic E-state index is 0.0938. The van der Waals surface area contributed by atoms with E-state index in [1.54, 1.807) is 0 Å². The normalized spacial score (nSPS) is 20.4. The summed E-state index contributed by atoms with van der Waals surface area (Å²) in [5.74, 6) is 0. The van der Waals surface area contributed by atoms with Gasteiger partial charge in [0.2, 0.25) is 0 Å². The van der Waals surface area contributed by atoms with Crippen LogP contribution in [0.25, 0.3) is 0 Å². The molecule has 3 rings (SSSR count). The zero-order valence-corrected chi connectivity index (χ0v) is 12.3. The SMILES string of the molecule is O=C(NC1CCNCC1)N1CCN(c2ccncc2)CC1. The Labute approximate surface area is 125 Å². The van der Waals surface area contributed by atoms with E-state index >= 15 is 0 Å². The molecule has 21 heavy (non-hydrogen) atoms. The molecular weight excluding hydrogens is 266 g/mol. The molecule has 114 valence electrons. The second-order valence-electron chi connectivity index (χ2n) is 5.65. The third-order valence-electron chi connectivity index (χ3n) is 4.26. The van der Waals surface area contributed by atoms with E-state index in [1.807, 2.05) is 29.4 Å².